The lowest BCUT2D eigenvalue weighted by molar-refractivity contribution is -0.132. The van der Waals surface area contributed by atoms with Gasteiger partial charge in [0, 0.05) is 43.5 Å². The molecule has 27 heavy (non-hydrogen) atoms. The minimum atomic E-state index is 0.134. The van der Waals surface area contributed by atoms with Gasteiger partial charge >= 0.3 is 0 Å². The normalized spacial score (nSPS) is 16.3. The van der Waals surface area contributed by atoms with Crippen LogP contribution in [0.5, 0.6) is 5.75 Å². The topological polar surface area (TPSA) is 51.7 Å². The molecule has 1 aromatic carbocycles. The number of carbonyl (C=O) groups excluding carboxylic acids is 1. The monoisotopic (exact) mass is 388 g/mol. The van der Waals surface area contributed by atoms with Crippen LogP contribution >= 0.6 is 11.3 Å². The van der Waals surface area contributed by atoms with Crippen molar-refractivity contribution in [2.75, 3.05) is 27.3 Å². The van der Waals surface area contributed by atoms with Crippen LogP contribution in [0.2, 0.25) is 0 Å². The Morgan fingerprint density at radius 3 is 2.74 bits per heavy atom. The summed E-state index contributed by atoms with van der Waals surface area (Å²) in [7, 11) is 3.38. The number of methoxy groups -OCH3 is 2. The van der Waals surface area contributed by atoms with Crippen LogP contribution in [0.3, 0.4) is 0 Å². The maximum Gasteiger partial charge on any atom is 0.222 e. The van der Waals surface area contributed by atoms with E-state index in [0.29, 0.717) is 12.3 Å². The van der Waals surface area contributed by atoms with Gasteiger partial charge < -0.3 is 14.4 Å². The van der Waals surface area contributed by atoms with Gasteiger partial charge in [0.2, 0.25) is 5.91 Å². The number of benzene rings is 1. The summed E-state index contributed by atoms with van der Waals surface area (Å²) < 4.78 is 10.7. The molecule has 1 atom stereocenters. The van der Waals surface area contributed by atoms with Crippen LogP contribution in [-0.4, -0.2) is 49.2 Å². The third-order valence-corrected chi connectivity index (χ3v) is 6.28. The minimum absolute atomic E-state index is 0.134. The summed E-state index contributed by atoms with van der Waals surface area (Å²) >= 11 is 1.71. The number of nitrogens with zero attached hydrogens (tertiary/aromatic N) is 2. The molecular weight excluding hydrogens is 360 g/mol. The van der Waals surface area contributed by atoms with Crippen LogP contribution < -0.4 is 4.74 Å². The highest BCUT2D eigenvalue weighted by atomic mass is 32.1. The summed E-state index contributed by atoms with van der Waals surface area (Å²) in [6.07, 6.45) is 3.43. The summed E-state index contributed by atoms with van der Waals surface area (Å²) in [5.74, 6) is 1.52. The number of piperidine rings is 1. The number of thiazole rings is 1. The van der Waals surface area contributed by atoms with Gasteiger partial charge in [-0.3, -0.25) is 4.79 Å². The second-order valence-electron chi connectivity index (χ2n) is 7.01. The Morgan fingerprint density at radius 1 is 1.30 bits per heavy atom. The predicted molar refractivity (Wildman–Crippen MR) is 108 cm³/mol. The zero-order valence-electron chi connectivity index (χ0n) is 16.3. The maximum absolute atomic E-state index is 12.4. The van der Waals surface area contributed by atoms with Gasteiger partial charge in [-0.2, -0.15) is 0 Å². The Balaban J connectivity index is 1.57. The van der Waals surface area contributed by atoms with Crippen molar-refractivity contribution < 1.29 is 14.3 Å². The van der Waals surface area contributed by atoms with Crippen LogP contribution in [0.15, 0.2) is 29.6 Å². The first-order valence-electron chi connectivity index (χ1n) is 9.51. The predicted octanol–water partition coefficient (Wildman–Crippen LogP) is 4.34. The van der Waals surface area contributed by atoms with Gasteiger partial charge in [0.25, 0.3) is 0 Å². The molecule has 1 fully saturated rings. The fourth-order valence-corrected chi connectivity index (χ4v) is 4.42. The molecule has 1 amide bonds. The molecule has 6 heteroatoms. The van der Waals surface area contributed by atoms with Gasteiger partial charge in [0.05, 0.1) is 23.9 Å². The fourth-order valence-electron chi connectivity index (χ4n) is 3.43. The second-order valence-corrected chi connectivity index (χ2v) is 7.90. The van der Waals surface area contributed by atoms with Crippen molar-refractivity contribution in [2.24, 2.45) is 0 Å². The maximum atomic E-state index is 12.4. The van der Waals surface area contributed by atoms with Crippen molar-refractivity contribution in [1.29, 1.82) is 0 Å². The molecule has 1 saturated heterocycles. The molecule has 0 radical (unpaired) electrons. The molecule has 2 aromatic rings. The summed E-state index contributed by atoms with van der Waals surface area (Å²) in [5, 5.41) is 3.27. The third kappa shape index (κ3) is 4.87. The highest BCUT2D eigenvalue weighted by Crippen LogP contribution is 2.35. The van der Waals surface area contributed by atoms with Crippen molar-refractivity contribution in [3.63, 3.8) is 0 Å². The molecule has 3 rings (SSSR count). The van der Waals surface area contributed by atoms with Gasteiger partial charge in [-0.1, -0.05) is 12.1 Å². The molecule has 0 N–H and O–H groups in total. The highest BCUT2D eigenvalue weighted by molar-refractivity contribution is 7.10. The van der Waals surface area contributed by atoms with Crippen LogP contribution in [0.1, 0.15) is 43.5 Å². The summed E-state index contributed by atoms with van der Waals surface area (Å²) in [5.41, 5.74) is 2.00. The number of rotatable bonds is 7. The fraction of sp³-hybridized carbons (Fsp3) is 0.524. The lowest BCUT2D eigenvalue weighted by Crippen LogP contribution is -2.38. The summed E-state index contributed by atoms with van der Waals surface area (Å²) in [6.45, 7) is 3.63. The van der Waals surface area contributed by atoms with E-state index in [1.165, 1.54) is 0 Å². The lowest BCUT2D eigenvalue weighted by Gasteiger charge is -2.31. The molecule has 1 aliphatic rings. The van der Waals surface area contributed by atoms with E-state index in [1.807, 2.05) is 36.1 Å². The molecule has 146 valence electrons. The smallest absolute Gasteiger partial charge is 0.222 e. The zero-order chi connectivity index (χ0) is 19.2. The second kappa shape index (κ2) is 9.33. The van der Waals surface area contributed by atoms with Crippen LogP contribution in [0, 0.1) is 0 Å². The van der Waals surface area contributed by atoms with E-state index < -0.39 is 0 Å². The van der Waals surface area contributed by atoms with Crippen molar-refractivity contribution in [1.82, 2.24) is 9.88 Å². The van der Waals surface area contributed by atoms with E-state index in [0.717, 1.165) is 54.4 Å². The van der Waals surface area contributed by atoms with E-state index in [2.05, 4.69) is 5.38 Å². The van der Waals surface area contributed by atoms with Crippen LogP contribution in [0.25, 0.3) is 11.3 Å². The van der Waals surface area contributed by atoms with Gasteiger partial charge in [-0.25, -0.2) is 4.98 Å². The first-order valence-corrected chi connectivity index (χ1v) is 10.4. The molecule has 1 aliphatic heterocycles. The first-order chi connectivity index (χ1) is 13.1. The van der Waals surface area contributed by atoms with Crippen molar-refractivity contribution >= 4 is 17.2 Å². The van der Waals surface area contributed by atoms with Crippen molar-refractivity contribution in [2.45, 2.75) is 44.6 Å². The van der Waals surface area contributed by atoms with E-state index in [-0.39, 0.29) is 12.0 Å². The first kappa shape index (κ1) is 19.8. The summed E-state index contributed by atoms with van der Waals surface area (Å²) in [6, 6.07) is 7.98. The molecule has 1 aromatic heterocycles. The summed E-state index contributed by atoms with van der Waals surface area (Å²) in [4.78, 5) is 19.2. The third-order valence-electron chi connectivity index (χ3n) is 5.27. The molecule has 0 bridgehead atoms. The molecule has 0 saturated carbocycles. The van der Waals surface area contributed by atoms with Gasteiger partial charge in [0.1, 0.15) is 5.75 Å². The van der Waals surface area contributed by atoms with Crippen LogP contribution in [-0.2, 0) is 9.53 Å². The zero-order valence-corrected chi connectivity index (χ0v) is 17.1. The molecule has 0 aliphatic carbocycles. The quantitative estimate of drug-likeness (QED) is 0.708. The van der Waals surface area contributed by atoms with E-state index >= 15 is 0 Å². The Bertz CT molecular complexity index is 753. The number of para-hydroxylation sites is 1. The molecular formula is C21H28N2O3S. The molecule has 5 nitrogen and oxygen atoms in total. The van der Waals surface area contributed by atoms with E-state index in [4.69, 9.17) is 14.5 Å². The van der Waals surface area contributed by atoms with E-state index in [1.54, 1.807) is 25.6 Å². The number of likely N-dealkylation sites (tertiary alicyclic amines) is 1. The molecule has 0 unspecified atom stereocenters. The average Bonchev–Trinajstić information content (AvgIpc) is 3.21. The standard InChI is InChI=1S/C21H28N2O3S/c1-15(25-2)8-9-20(24)23-12-10-16(11-13-23)21-22-18(14-27-21)17-6-4-5-7-19(17)26-3/h4-7,14-16H,8-13H2,1-3H3/t15-/m0/s1. The van der Waals surface area contributed by atoms with E-state index in [9.17, 15) is 4.79 Å². The average molecular weight is 389 g/mol. The Kier molecular flexibility index (Phi) is 6.85. The van der Waals surface area contributed by atoms with Gasteiger partial charge in [-0.05, 0) is 38.3 Å². The number of hydrogen-bond donors (Lipinski definition) is 0. The van der Waals surface area contributed by atoms with Gasteiger partial charge in [-0.15, -0.1) is 11.3 Å². The molecule has 2 heterocycles. The van der Waals surface area contributed by atoms with Crippen molar-refractivity contribution in [3.05, 3.63) is 34.7 Å². The number of hydrogen-bond acceptors (Lipinski definition) is 5. The number of amides is 1. The minimum Gasteiger partial charge on any atom is -0.496 e. The Morgan fingerprint density at radius 2 is 2.04 bits per heavy atom. The Hall–Kier alpha value is -1.92. The Labute approximate surface area is 165 Å². The number of ether oxygens (including phenoxy) is 2. The lowest BCUT2D eigenvalue weighted by atomic mass is 9.97. The SMILES string of the molecule is COc1ccccc1-c1csc(C2CCN(C(=O)CC[C@H](C)OC)CC2)n1. The largest absolute Gasteiger partial charge is 0.496 e. The van der Waals surface area contributed by atoms with Gasteiger partial charge in [0.15, 0.2) is 0 Å². The van der Waals surface area contributed by atoms with Crippen molar-refractivity contribution in [3.8, 4) is 17.0 Å². The van der Waals surface area contributed by atoms with Crippen LogP contribution in [0.4, 0.5) is 0 Å². The highest BCUT2D eigenvalue weighted by Gasteiger charge is 2.26. The number of aromatic nitrogens is 1. The molecule has 0 spiro atoms. The number of carbonyl (C=O) groups is 1.